The molecule has 0 amide bonds. The summed E-state index contributed by atoms with van der Waals surface area (Å²) in [6.45, 7) is 5.22. The fraction of sp³-hybridized carbons (Fsp3) is 0.846. The summed E-state index contributed by atoms with van der Waals surface area (Å²) in [5.41, 5.74) is 0. The van der Waals surface area contributed by atoms with Crippen LogP contribution in [0.15, 0.2) is 0 Å². The molecule has 8 heteroatoms. The van der Waals surface area contributed by atoms with Crippen molar-refractivity contribution in [3.8, 4) is 0 Å². The first-order chi connectivity index (χ1) is 9.68. The number of carboxylic acids is 1. The minimum absolute atomic E-state index is 0.175. The Labute approximate surface area is 126 Å². The van der Waals surface area contributed by atoms with E-state index in [9.17, 15) is 18.0 Å². The quantitative estimate of drug-likeness (QED) is 0.552. The van der Waals surface area contributed by atoms with Gasteiger partial charge in [0.1, 0.15) is 0 Å². The largest absolute Gasteiger partial charge is 0.481 e. The molecular formula is C13H25NO6S. The zero-order valence-corrected chi connectivity index (χ0v) is 13.6. The molecule has 7 nitrogen and oxygen atoms in total. The molecule has 0 aromatic carbocycles. The lowest BCUT2D eigenvalue weighted by atomic mass is 10.0. The molecule has 0 saturated heterocycles. The molecule has 0 bridgehead atoms. The van der Waals surface area contributed by atoms with Gasteiger partial charge in [0, 0.05) is 6.04 Å². The second kappa shape index (κ2) is 9.73. The first-order valence-corrected chi connectivity index (χ1v) is 8.71. The average molecular weight is 323 g/mol. The second-order valence-corrected chi connectivity index (χ2v) is 6.94. The monoisotopic (exact) mass is 323 g/mol. The molecule has 0 heterocycles. The molecular weight excluding hydrogens is 298 g/mol. The Morgan fingerprint density at radius 2 is 1.86 bits per heavy atom. The third kappa shape index (κ3) is 10.3. The number of carbonyl (C=O) groups is 2. The molecule has 2 N–H and O–H groups in total. The zero-order chi connectivity index (χ0) is 16.5. The lowest BCUT2D eigenvalue weighted by Crippen LogP contribution is -2.35. The molecule has 0 aliphatic heterocycles. The van der Waals surface area contributed by atoms with E-state index in [0.29, 0.717) is 19.3 Å². The number of aliphatic carboxylic acids is 1. The van der Waals surface area contributed by atoms with E-state index in [4.69, 9.17) is 5.11 Å². The topological polar surface area (TPSA) is 110 Å². The van der Waals surface area contributed by atoms with Crippen LogP contribution in [-0.2, 0) is 24.3 Å². The van der Waals surface area contributed by atoms with Crippen LogP contribution in [0.25, 0.3) is 0 Å². The molecule has 2 unspecified atom stereocenters. The van der Waals surface area contributed by atoms with Gasteiger partial charge in [0.05, 0.1) is 24.7 Å². The molecule has 0 aliphatic carbocycles. The maximum absolute atomic E-state index is 11.7. The third-order valence-corrected chi connectivity index (χ3v) is 4.46. The molecule has 0 fully saturated rings. The maximum Gasteiger partial charge on any atom is 0.306 e. The molecule has 0 aromatic rings. The highest BCUT2D eigenvalue weighted by Gasteiger charge is 2.17. The van der Waals surface area contributed by atoms with Crippen molar-refractivity contribution in [1.29, 1.82) is 0 Å². The van der Waals surface area contributed by atoms with Gasteiger partial charge in [-0.15, -0.1) is 0 Å². The summed E-state index contributed by atoms with van der Waals surface area (Å²) in [6, 6.07) is -0.293. The number of carbonyl (C=O) groups excluding carboxylic acids is 1. The van der Waals surface area contributed by atoms with E-state index in [2.05, 4.69) is 9.46 Å². The summed E-state index contributed by atoms with van der Waals surface area (Å²) in [6.07, 6.45) is 1.50. The van der Waals surface area contributed by atoms with Gasteiger partial charge in [-0.25, -0.2) is 13.1 Å². The lowest BCUT2D eigenvalue weighted by Gasteiger charge is -2.14. The van der Waals surface area contributed by atoms with Crippen LogP contribution in [0.1, 0.15) is 46.5 Å². The minimum Gasteiger partial charge on any atom is -0.481 e. The van der Waals surface area contributed by atoms with E-state index in [1.165, 1.54) is 0 Å². The van der Waals surface area contributed by atoms with Crippen LogP contribution < -0.4 is 4.72 Å². The average Bonchev–Trinajstić information content (AvgIpc) is 2.36. The highest BCUT2D eigenvalue weighted by Crippen LogP contribution is 2.10. The Kier molecular flexibility index (Phi) is 9.19. The number of nitrogens with one attached hydrogen (secondary N) is 1. The van der Waals surface area contributed by atoms with E-state index in [-0.39, 0.29) is 24.8 Å². The van der Waals surface area contributed by atoms with Crippen LogP contribution in [0.4, 0.5) is 0 Å². The van der Waals surface area contributed by atoms with Crippen LogP contribution in [-0.4, -0.2) is 43.9 Å². The van der Waals surface area contributed by atoms with Crippen molar-refractivity contribution >= 4 is 22.0 Å². The van der Waals surface area contributed by atoms with Crippen LogP contribution >= 0.6 is 0 Å². The third-order valence-electron chi connectivity index (χ3n) is 2.96. The van der Waals surface area contributed by atoms with Crippen molar-refractivity contribution in [2.45, 2.75) is 52.5 Å². The summed E-state index contributed by atoms with van der Waals surface area (Å²) in [7, 11) is -3.53. The van der Waals surface area contributed by atoms with Crippen molar-refractivity contribution in [3.63, 3.8) is 0 Å². The molecule has 124 valence electrons. The fourth-order valence-electron chi connectivity index (χ4n) is 1.73. The van der Waals surface area contributed by atoms with E-state index < -0.39 is 27.9 Å². The van der Waals surface area contributed by atoms with E-state index in [1.54, 1.807) is 20.8 Å². The first-order valence-electron chi connectivity index (χ1n) is 7.06. The molecule has 0 spiro atoms. The van der Waals surface area contributed by atoms with Gasteiger partial charge in [0.25, 0.3) is 0 Å². The van der Waals surface area contributed by atoms with Gasteiger partial charge in [0.2, 0.25) is 10.0 Å². The first kappa shape index (κ1) is 19.9. The van der Waals surface area contributed by atoms with Crippen molar-refractivity contribution < 1.29 is 27.9 Å². The Hall–Kier alpha value is -1.15. The molecule has 2 atom stereocenters. The molecule has 0 aliphatic rings. The van der Waals surface area contributed by atoms with Gasteiger partial charge in [0.15, 0.2) is 0 Å². The van der Waals surface area contributed by atoms with Gasteiger partial charge in [-0.05, 0) is 26.7 Å². The maximum atomic E-state index is 11.7. The smallest absolute Gasteiger partial charge is 0.306 e. The van der Waals surface area contributed by atoms with Crippen LogP contribution in [0.3, 0.4) is 0 Å². The fourth-order valence-corrected chi connectivity index (χ4v) is 3.01. The molecule has 0 aromatic heterocycles. The summed E-state index contributed by atoms with van der Waals surface area (Å²) in [5, 5.41) is 8.74. The van der Waals surface area contributed by atoms with Crippen molar-refractivity contribution in [3.05, 3.63) is 0 Å². The number of sulfonamides is 1. The van der Waals surface area contributed by atoms with E-state index >= 15 is 0 Å². The number of rotatable bonds is 11. The zero-order valence-electron chi connectivity index (χ0n) is 12.8. The highest BCUT2D eigenvalue weighted by atomic mass is 32.2. The van der Waals surface area contributed by atoms with Gasteiger partial charge in [-0.3, -0.25) is 9.59 Å². The minimum atomic E-state index is -3.53. The summed E-state index contributed by atoms with van der Waals surface area (Å²) in [4.78, 5) is 21.8. The van der Waals surface area contributed by atoms with Crippen LogP contribution in [0.2, 0.25) is 0 Å². The molecule has 0 saturated carbocycles. The Morgan fingerprint density at radius 1 is 1.24 bits per heavy atom. The van der Waals surface area contributed by atoms with E-state index in [1.807, 2.05) is 0 Å². The number of carboxylic acid groups (broad SMARTS) is 1. The van der Waals surface area contributed by atoms with Crippen LogP contribution in [0, 0.1) is 5.92 Å². The van der Waals surface area contributed by atoms with Crippen molar-refractivity contribution in [2.24, 2.45) is 5.92 Å². The standard InChI is InChI=1S/C13H25NO6S/c1-4-20-12(15)8-9-21(18,19)14-11(3)7-5-6-10(2)13(16)17/h10-11,14H,4-9H2,1-3H3,(H,16,17). The van der Waals surface area contributed by atoms with E-state index in [0.717, 1.165) is 0 Å². The van der Waals surface area contributed by atoms with Gasteiger partial charge < -0.3 is 9.84 Å². The lowest BCUT2D eigenvalue weighted by molar-refractivity contribution is -0.143. The van der Waals surface area contributed by atoms with Crippen molar-refractivity contribution in [2.75, 3.05) is 12.4 Å². The Bertz CT molecular complexity index is 434. The summed E-state index contributed by atoms with van der Waals surface area (Å²) >= 11 is 0. The van der Waals surface area contributed by atoms with Crippen molar-refractivity contribution in [1.82, 2.24) is 4.72 Å². The number of hydrogen-bond acceptors (Lipinski definition) is 5. The number of esters is 1. The predicted molar refractivity (Wildman–Crippen MR) is 78.3 cm³/mol. The summed E-state index contributed by atoms with van der Waals surface area (Å²) in [5.74, 6) is -2.12. The summed E-state index contributed by atoms with van der Waals surface area (Å²) < 4.78 is 30.6. The molecule has 0 radical (unpaired) electrons. The normalized spacial score (nSPS) is 14.4. The molecule has 21 heavy (non-hydrogen) atoms. The van der Waals surface area contributed by atoms with Gasteiger partial charge in [-0.2, -0.15) is 0 Å². The van der Waals surface area contributed by atoms with Gasteiger partial charge >= 0.3 is 11.9 Å². The second-order valence-electron chi connectivity index (χ2n) is 5.06. The highest BCUT2D eigenvalue weighted by molar-refractivity contribution is 7.89. The molecule has 0 rings (SSSR count). The van der Waals surface area contributed by atoms with Crippen LogP contribution in [0.5, 0.6) is 0 Å². The Morgan fingerprint density at radius 3 is 2.38 bits per heavy atom. The SMILES string of the molecule is CCOC(=O)CCS(=O)(=O)NC(C)CCCC(C)C(=O)O. The number of ether oxygens (including phenoxy) is 1. The number of hydrogen-bond donors (Lipinski definition) is 2. The van der Waals surface area contributed by atoms with Gasteiger partial charge in [-0.1, -0.05) is 13.3 Å². The predicted octanol–water partition coefficient (Wildman–Crippen LogP) is 1.14. The Balaban J connectivity index is 4.04.